The lowest BCUT2D eigenvalue weighted by atomic mass is 9.85. The molecule has 3 rings (SSSR count). The first-order chi connectivity index (χ1) is 9.33. The van der Waals surface area contributed by atoms with Gasteiger partial charge in [0.2, 0.25) is 0 Å². The first-order valence-electron chi connectivity index (χ1n) is 7.29. The molecule has 1 aromatic rings. The van der Waals surface area contributed by atoms with Crippen LogP contribution in [0.3, 0.4) is 0 Å². The molecule has 0 spiro atoms. The number of benzene rings is 1. The van der Waals surface area contributed by atoms with E-state index in [2.05, 4.69) is 17.2 Å². The molecular weight excluding hydrogens is 234 g/mol. The highest BCUT2D eigenvalue weighted by atomic mass is 16.5. The third-order valence-corrected chi connectivity index (χ3v) is 4.08. The summed E-state index contributed by atoms with van der Waals surface area (Å²) in [5, 5.41) is 3.70. The van der Waals surface area contributed by atoms with E-state index in [-0.39, 0.29) is 0 Å². The Kier molecular flexibility index (Phi) is 3.75. The molecule has 2 saturated heterocycles. The van der Waals surface area contributed by atoms with Crippen LogP contribution in [0.1, 0.15) is 44.6 Å². The second kappa shape index (κ2) is 5.67. The SMILES string of the molecule is CC#Cc1cccc(OC2CC3CCCC(C2)N3)c1. The molecule has 0 aliphatic carbocycles. The van der Waals surface area contributed by atoms with Crippen LogP contribution in [-0.4, -0.2) is 18.2 Å². The highest BCUT2D eigenvalue weighted by Crippen LogP contribution is 2.28. The third-order valence-electron chi connectivity index (χ3n) is 4.08. The summed E-state index contributed by atoms with van der Waals surface area (Å²) in [6.45, 7) is 1.86. The summed E-state index contributed by atoms with van der Waals surface area (Å²) in [6.07, 6.45) is 6.62. The van der Waals surface area contributed by atoms with Crippen LogP contribution < -0.4 is 10.1 Å². The molecule has 2 aliphatic heterocycles. The van der Waals surface area contributed by atoms with Gasteiger partial charge in [-0.15, -0.1) is 5.92 Å². The van der Waals surface area contributed by atoms with E-state index in [4.69, 9.17) is 4.74 Å². The molecule has 2 aliphatic rings. The maximum Gasteiger partial charge on any atom is 0.120 e. The van der Waals surface area contributed by atoms with Crippen LogP contribution in [0.2, 0.25) is 0 Å². The molecule has 0 radical (unpaired) electrons. The Morgan fingerprint density at radius 2 is 2.00 bits per heavy atom. The van der Waals surface area contributed by atoms with Crippen molar-refractivity contribution in [3.63, 3.8) is 0 Å². The molecule has 2 atom stereocenters. The fourth-order valence-electron chi connectivity index (χ4n) is 3.29. The van der Waals surface area contributed by atoms with E-state index >= 15 is 0 Å². The van der Waals surface area contributed by atoms with Gasteiger partial charge < -0.3 is 10.1 Å². The Hall–Kier alpha value is -1.46. The fourth-order valence-corrected chi connectivity index (χ4v) is 3.29. The van der Waals surface area contributed by atoms with Crippen molar-refractivity contribution in [3.05, 3.63) is 29.8 Å². The number of rotatable bonds is 2. The molecule has 2 bridgehead atoms. The van der Waals surface area contributed by atoms with Gasteiger partial charge in [-0.25, -0.2) is 0 Å². The molecule has 2 heterocycles. The van der Waals surface area contributed by atoms with Crippen LogP contribution in [0, 0.1) is 11.8 Å². The summed E-state index contributed by atoms with van der Waals surface area (Å²) < 4.78 is 6.17. The van der Waals surface area contributed by atoms with Crippen LogP contribution in [0.4, 0.5) is 0 Å². The minimum atomic E-state index is 0.362. The van der Waals surface area contributed by atoms with Crippen LogP contribution in [0.25, 0.3) is 0 Å². The van der Waals surface area contributed by atoms with Crippen LogP contribution >= 0.6 is 0 Å². The van der Waals surface area contributed by atoms with Gasteiger partial charge in [-0.1, -0.05) is 18.4 Å². The van der Waals surface area contributed by atoms with Crippen LogP contribution in [-0.2, 0) is 0 Å². The van der Waals surface area contributed by atoms with Crippen molar-refractivity contribution < 1.29 is 4.74 Å². The predicted molar refractivity (Wildman–Crippen MR) is 77.2 cm³/mol. The predicted octanol–water partition coefficient (Wildman–Crippen LogP) is 3.11. The van der Waals surface area contributed by atoms with Crippen LogP contribution in [0.5, 0.6) is 5.75 Å². The summed E-state index contributed by atoms with van der Waals surface area (Å²) in [4.78, 5) is 0. The van der Waals surface area contributed by atoms with Gasteiger partial charge >= 0.3 is 0 Å². The van der Waals surface area contributed by atoms with E-state index in [0.29, 0.717) is 18.2 Å². The Labute approximate surface area is 115 Å². The molecule has 2 nitrogen and oxygen atoms in total. The van der Waals surface area contributed by atoms with Gasteiger partial charge in [0.15, 0.2) is 0 Å². The quantitative estimate of drug-likeness (QED) is 0.820. The van der Waals surface area contributed by atoms with Gasteiger partial charge in [0.25, 0.3) is 0 Å². The highest BCUT2D eigenvalue weighted by molar-refractivity contribution is 5.39. The van der Waals surface area contributed by atoms with E-state index in [0.717, 1.165) is 24.2 Å². The largest absolute Gasteiger partial charge is 0.490 e. The molecule has 2 heteroatoms. The van der Waals surface area contributed by atoms with Gasteiger partial charge in [-0.2, -0.15) is 0 Å². The molecule has 1 N–H and O–H groups in total. The first-order valence-corrected chi connectivity index (χ1v) is 7.29. The molecule has 2 fully saturated rings. The van der Waals surface area contributed by atoms with Gasteiger partial charge in [-0.3, -0.25) is 0 Å². The molecule has 1 aromatic carbocycles. The average molecular weight is 255 g/mol. The van der Waals surface area contributed by atoms with Gasteiger partial charge in [0.05, 0.1) is 0 Å². The summed E-state index contributed by atoms with van der Waals surface area (Å²) >= 11 is 0. The zero-order chi connectivity index (χ0) is 13.1. The Balaban J connectivity index is 1.67. The second-order valence-electron chi connectivity index (χ2n) is 5.61. The lowest BCUT2D eigenvalue weighted by molar-refractivity contribution is 0.0927. The lowest BCUT2D eigenvalue weighted by Gasteiger charge is -2.40. The van der Waals surface area contributed by atoms with Crippen molar-refractivity contribution >= 4 is 0 Å². The molecule has 0 amide bonds. The highest BCUT2D eigenvalue weighted by Gasteiger charge is 2.32. The maximum atomic E-state index is 6.17. The molecule has 0 saturated carbocycles. The van der Waals surface area contributed by atoms with Gasteiger partial charge in [0, 0.05) is 17.6 Å². The monoisotopic (exact) mass is 255 g/mol. The van der Waals surface area contributed by atoms with Gasteiger partial charge in [0.1, 0.15) is 11.9 Å². The topological polar surface area (TPSA) is 21.3 Å². The number of hydrogen-bond donors (Lipinski definition) is 1. The standard InChI is InChI=1S/C17H21NO/c1-2-5-13-6-3-9-16(10-13)19-17-11-14-7-4-8-15(12-17)18-14/h3,6,9-10,14-15,17-18H,4,7-8,11-12H2,1H3. The molecule has 2 unspecified atom stereocenters. The van der Waals surface area contributed by atoms with Crippen molar-refractivity contribution in [3.8, 4) is 17.6 Å². The molecule has 0 aromatic heterocycles. The van der Waals surface area contributed by atoms with Crippen LogP contribution in [0.15, 0.2) is 24.3 Å². The van der Waals surface area contributed by atoms with E-state index in [9.17, 15) is 0 Å². The summed E-state index contributed by atoms with van der Waals surface area (Å²) in [5.74, 6) is 6.98. The molecular formula is C17H21NO. The minimum Gasteiger partial charge on any atom is -0.490 e. The zero-order valence-electron chi connectivity index (χ0n) is 11.5. The Morgan fingerprint density at radius 3 is 2.74 bits per heavy atom. The first kappa shape index (κ1) is 12.6. The minimum absolute atomic E-state index is 0.362. The van der Waals surface area contributed by atoms with E-state index in [1.54, 1.807) is 0 Å². The average Bonchev–Trinajstić information content (AvgIpc) is 2.39. The van der Waals surface area contributed by atoms with Crippen molar-refractivity contribution in [1.29, 1.82) is 0 Å². The van der Waals surface area contributed by atoms with E-state index in [1.807, 2.05) is 31.2 Å². The van der Waals surface area contributed by atoms with Crippen molar-refractivity contribution in [1.82, 2.24) is 5.32 Å². The van der Waals surface area contributed by atoms with Crippen molar-refractivity contribution in [2.24, 2.45) is 0 Å². The van der Waals surface area contributed by atoms with Crippen molar-refractivity contribution in [2.45, 2.75) is 57.2 Å². The normalized spacial score (nSPS) is 29.2. The summed E-state index contributed by atoms with van der Waals surface area (Å²) in [7, 11) is 0. The number of nitrogens with one attached hydrogen (secondary N) is 1. The number of fused-ring (bicyclic) bond motifs is 2. The molecule has 19 heavy (non-hydrogen) atoms. The molecule has 100 valence electrons. The maximum absolute atomic E-state index is 6.17. The third kappa shape index (κ3) is 3.11. The fraction of sp³-hybridized carbons (Fsp3) is 0.529. The Bertz CT molecular complexity index is 487. The number of ether oxygens (including phenoxy) is 1. The van der Waals surface area contributed by atoms with Crippen molar-refractivity contribution in [2.75, 3.05) is 0 Å². The smallest absolute Gasteiger partial charge is 0.120 e. The van der Waals surface area contributed by atoms with E-state index < -0.39 is 0 Å². The number of hydrogen-bond acceptors (Lipinski definition) is 2. The lowest BCUT2D eigenvalue weighted by Crippen LogP contribution is -2.51. The van der Waals surface area contributed by atoms with Gasteiger partial charge in [-0.05, 0) is 50.8 Å². The summed E-state index contributed by atoms with van der Waals surface area (Å²) in [6, 6.07) is 9.47. The second-order valence-corrected chi connectivity index (χ2v) is 5.61. The zero-order valence-corrected chi connectivity index (χ0v) is 11.5. The Morgan fingerprint density at radius 1 is 1.21 bits per heavy atom. The summed E-state index contributed by atoms with van der Waals surface area (Å²) in [5.41, 5.74) is 1.04. The number of piperidine rings is 2. The van der Waals surface area contributed by atoms with E-state index in [1.165, 1.54) is 19.3 Å².